The van der Waals surface area contributed by atoms with Crippen LogP contribution >= 0.6 is 0 Å². The lowest BCUT2D eigenvalue weighted by Crippen LogP contribution is -2.22. The Hall–Kier alpha value is -1.66. The lowest BCUT2D eigenvalue weighted by atomic mass is 10.1. The molecule has 0 atom stereocenters. The van der Waals surface area contributed by atoms with Crippen molar-refractivity contribution >= 4 is 0 Å². The quantitative estimate of drug-likeness (QED) is 0.541. The zero-order valence-corrected chi connectivity index (χ0v) is 13.7. The highest BCUT2D eigenvalue weighted by molar-refractivity contribution is 5.42. The van der Waals surface area contributed by atoms with Crippen LogP contribution in [0.4, 0.5) is 0 Å². The molecule has 0 bridgehead atoms. The molecule has 1 aromatic rings. The van der Waals surface area contributed by atoms with E-state index in [0.29, 0.717) is 0 Å². The SMILES string of the molecule is CCN(CC)CC#CCCCc1ccc(OC)c(OC)c1. The summed E-state index contributed by atoms with van der Waals surface area (Å²) in [7, 11) is 3.32. The van der Waals surface area contributed by atoms with Crippen molar-refractivity contribution in [3.8, 4) is 23.3 Å². The van der Waals surface area contributed by atoms with E-state index in [0.717, 1.165) is 50.4 Å². The van der Waals surface area contributed by atoms with Crippen LogP contribution in [0.2, 0.25) is 0 Å². The molecule has 0 fully saturated rings. The number of hydrogen-bond donors (Lipinski definition) is 0. The second-order valence-electron chi connectivity index (χ2n) is 4.86. The number of unbranched alkanes of at least 4 members (excludes halogenated alkanes) is 1. The van der Waals surface area contributed by atoms with E-state index in [1.54, 1.807) is 14.2 Å². The smallest absolute Gasteiger partial charge is 0.160 e. The third-order valence-electron chi connectivity index (χ3n) is 3.54. The lowest BCUT2D eigenvalue weighted by molar-refractivity contribution is 0.342. The number of ether oxygens (including phenoxy) is 2. The standard InChI is InChI=1S/C18H27NO2/c1-5-19(6-2)14-10-8-7-9-11-16-12-13-17(20-3)18(15-16)21-4/h12-13,15H,5-7,9,11,14H2,1-4H3. The van der Waals surface area contributed by atoms with Crippen LogP contribution in [-0.4, -0.2) is 38.8 Å². The first-order valence-electron chi connectivity index (χ1n) is 7.64. The molecule has 0 radical (unpaired) electrons. The van der Waals surface area contributed by atoms with Crippen molar-refractivity contribution in [2.75, 3.05) is 33.9 Å². The Kier molecular flexibility index (Phi) is 8.38. The van der Waals surface area contributed by atoms with Crippen molar-refractivity contribution in [3.05, 3.63) is 23.8 Å². The summed E-state index contributed by atoms with van der Waals surface area (Å²) in [5, 5.41) is 0. The van der Waals surface area contributed by atoms with Crippen LogP contribution in [0.15, 0.2) is 18.2 Å². The van der Waals surface area contributed by atoms with Gasteiger partial charge in [0.05, 0.1) is 20.8 Å². The molecule has 0 aliphatic rings. The lowest BCUT2D eigenvalue weighted by Gasteiger charge is -2.13. The third-order valence-corrected chi connectivity index (χ3v) is 3.54. The molecule has 0 saturated carbocycles. The predicted molar refractivity (Wildman–Crippen MR) is 88.0 cm³/mol. The monoisotopic (exact) mass is 289 g/mol. The number of methoxy groups -OCH3 is 2. The van der Waals surface area contributed by atoms with Crippen molar-refractivity contribution in [1.82, 2.24) is 4.90 Å². The van der Waals surface area contributed by atoms with Crippen molar-refractivity contribution in [1.29, 1.82) is 0 Å². The highest BCUT2D eigenvalue weighted by atomic mass is 16.5. The van der Waals surface area contributed by atoms with Crippen molar-refractivity contribution in [2.24, 2.45) is 0 Å². The minimum atomic E-state index is 0.778. The summed E-state index contributed by atoms with van der Waals surface area (Å²) in [6, 6.07) is 6.09. The second kappa shape index (κ2) is 10.1. The van der Waals surface area contributed by atoms with Crippen LogP contribution in [0.3, 0.4) is 0 Å². The third kappa shape index (κ3) is 6.10. The Bertz CT molecular complexity index is 470. The van der Waals surface area contributed by atoms with E-state index < -0.39 is 0 Å². The fourth-order valence-corrected chi connectivity index (χ4v) is 2.12. The van der Waals surface area contributed by atoms with Gasteiger partial charge < -0.3 is 9.47 Å². The fraction of sp³-hybridized carbons (Fsp3) is 0.556. The molecule has 0 N–H and O–H groups in total. The van der Waals surface area contributed by atoms with Crippen LogP contribution in [0.25, 0.3) is 0 Å². The summed E-state index contributed by atoms with van der Waals surface area (Å²) in [6.07, 6.45) is 3.02. The normalized spacial score (nSPS) is 10.1. The minimum Gasteiger partial charge on any atom is -0.493 e. The van der Waals surface area contributed by atoms with Gasteiger partial charge in [-0.3, -0.25) is 4.90 Å². The van der Waals surface area contributed by atoms with E-state index in [1.165, 1.54) is 5.56 Å². The highest BCUT2D eigenvalue weighted by Crippen LogP contribution is 2.27. The van der Waals surface area contributed by atoms with E-state index in [-0.39, 0.29) is 0 Å². The van der Waals surface area contributed by atoms with Gasteiger partial charge in [0.2, 0.25) is 0 Å². The van der Waals surface area contributed by atoms with Crippen LogP contribution in [0.5, 0.6) is 11.5 Å². The van der Waals surface area contributed by atoms with Crippen molar-refractivity contribution < 1.29 is 9.47 Å². The van der Waals surface area contributed by atoms with Gasteiger partial charge in [-0.2, -0.15) is 0 Å². The molecular formula is C18H27NO2. The molecule has 0 aliphatic carbocycles. The van der Waals surface area contributed by atoms with Gasteiger partial charge in [0.15, 0.2) is 11.5 Å². The summed E-state index contributed by atoms with van der Waals surface area (Å²) in [4.78, 5) is 2.32. The summed E-state index contributed by atoms with van der Waals surface area (Å²) in [6.45, 7) is 7.35. The molecule has 3 nitrogen and oxygen atoms in total. The average Bonchev–Trinajstić information content (AvgIpc) is 2.54. The summed E-state index contributed by atoms with van der Waals surface area (Å²) in [5.74, 6) is 8.08. The van der Waals surface area contributed by atoms with Crippen LogP contribution in [-0.2, 0) is 6.42 Å². The number of hydrogen-bond acceptors (Lipinski definition) is 3. The van der Waals surface area contributed by atoms with Crippen LogP contribution in [0, 0.1) is 11.8 Å². The molecule has 1 rings (SSSR count). The van der Waals surface area contributed by atoms with Gasteiger partial charge in [-0.15, -0.1) is 5.92 Å². The molecule has 0 aliphatic heterocycles. The minimum absolute atomic E-state index is 0.778. The van der Waals surface area contributed by atoms with Crippen molar-refractivity contribution in [3.63, 3.8) is 0 Å². The highest BCUT2D eigenvalue weighted by Gasteiger charge is 2.03. The van der Waals surface area contributed by atoms with Gasteiger partial charge in [-0.25, -0.2) is 0 Å². The topological polar surface area (TPSA) is 21.7 Å². The molecule has 21 heavy (non-hydrogen) atoms. The molecule has 1 aromatic carbocycles. The molecule has 0 heterocycles. The maximum absolute atomic E-state index is 5.31. The largest absolute Gasteiger partial charge is 0.493 e. The predicted octanol–water partition coefficient (Wildman–Crippen LogP) is 3.37. The first kappa shape index (κ1) is 17.4. The van der Waals surface area contributed by atoms with Crippen LogP contribution < -0.4 is 9.47 Å². The average molecular weight is 289 g/mol. The zero-order chi connectivity index (χ0) is 15.5. The first-order valence-corrected chi connectivity index (χ1v) is 7.64. The summed E-state index contributed by atoms with van der Waals surface area (Å²) < 4.78 is 10.6. The Balaban J connectivity index is 2.38. The van der Waals surface area contributed by atoms with Gasteiger partial charge in [0.1, 0.15) is 0 Å². The fourth-order valence-electron chi connectivity index (χ4n) is 2.12. The molecule has 3 heteroatoms. The molecule has 0 saturated heterocycles. The van der Waals surface area contributed by atoms with Gasteiger partial charge in [0, 0.05) is 6.42 Å². The Morgan fingerprint density at radius 2 is 1.71 bits per heavy atom. The molecule has 0 aromatic heterocycles. The zero-order valence-electron chi connectivity index (χ0n) is 13.7. The summed E-state index contributed by atoms with van der Waals surface area (Å²) in [5.41, 5.74) is 1.26. The maximum atomic E-state index is 5.31. The van der Waals surface area contributed by atoms with Crippen molar-refractivity contribution in [2.45, 2.75) is 33.1 Å². The number of aryl methyl sites for hydroxylation is 1. The Morgan fingerprint density at radius 1 is 1.00 bits per heavy atom. The Labute approximate surface area is 129 Å². The second-order valence-corrected chi connectivity index (χ2v) is 4.86. The maximum Gasteiger partial charge on any atom is 0.160 e. The number of benzene rings is 1. The number of rotatable bonds is 8. The van der Waals surface area contributed by atoms with Gasteiger partial charge in [-0.1, -0.05) is 25.8 Å². The van der Waals surface area contributed by atoms with E-state index >= 15 is 0 Å². The molecule has 0 spiro atoms. The first-order chi connectivity index (χ1) is 10.2. The molecule has 116 valence electrons. The molecule has 0 amide bonds. The van der Waals surface area contributed by atoms with Gasteiger partial charge >= 0.3 is 0 Å². The molecule has 0 unspecified atom stereocenters. The van der Waals surface area contributed by atoms with E-state index in [9.17, 15) is 0 Å². The van der Waals surface area contributed by atoms with Crippen LogP contribution in [0.1, 0.15) is 32.3 Å². The molecular weight excluding hydrogens is 262 g/mol. The van der Waals surface area contributed by atoms with E-state index in [1.807, 2.05) is 12.1 Å². The van der Waals surface area contributed by atoms with E-state index in [2.05, 4.69) is 36.7 Å². The Morgan fingerprint density at radius 3 is 2.33 bits per heavy atom. The van der Waals surface area contributed by atoms with Gasteiger partial charge in [-0.05, 0) is 43.6 Å². The number of nitrogens with zero attached hydrogens (tertiary/aromatic N) is 1. The van der Waals surface area contributed by atoms with Gasteiger partial charge in [0.25, 0.3) is 0 Å². The summed E-state index contributed by atoms with van der Waals surface area (Å²) >= 11 is 0. The van der Waals surface area contributed by atoms with E-state index in [4.69, 9.17) is 9.47 Å².